The lowest BCUT2D eigenvalue weighted by molar-refractivity contribution is -0.126. The summed E-state index contributed by atoms with van der Waals surface area (Å²) in [5.41, 5.74) is 1.24. The van der Waals surface area contributed by atoms with Gasteiger partial charge in [0.05, 0.1) is 0 Å². The number of nitrogens with one attached hydrogen (secondary N) is 1. The number of piperidine rings is 1. The van der Waals surface area contributed by atoms with Gasteiger partial charge in [-0.3, -0.25) is 14.7 Å². The molecule has 0 aliphatic carbocycles. The van der Waals surface area contributed by atoms with Crippen LogP contribution in [0.1, 0.15) is 24.8 Å². The zero-order chi connectivity index (χ0) is 14.9. The Labute approximate surface area is 126 Å². The quantitative estimate of drug-likeness (QED) is 0.773. The van der Waals surface area contributed by atoms with Crippen LogP contribution >= 0.6 is 0 Å². The molecular formula is C16H25N3O2. The van der Waals surface area contributed by atoms with Crippen LogP contribution in [0.15, 0.2) is 24.5 Å². The molecule has 1 saturated heterocycles. The van der Waals surface area contributed by atoms with E-state index in [-0.39, 0.29) is 11.8 Å². The maximum absolute atomic E-state index is 12.0. The lowest BCUT2D eigenvalue weighted by Gasteiger charge is -2.31. The molecule has 0 radical (unpaired) electrons. The normalized spacial score (nSPS) is 16.8. The Balaban J connectivity index is 1.67. The zero-order valence-corrected chi connectivity index (χ0v) is 12.8. The molecule has 0 spiro atoms. The van der Waals surface area contributed by atoms with Gasteiger partial charge in [-0.05, 0) is 44.0 Å². The first-order valence-electron chi connectivity index (χ1n) is 7.67. The maximum atomic E-state index is 12.0. The van der Waals surface area contributed by atoms with E-state index in [1.807, 2.05) is 12.3 Å². The monoisotopic (exact) mass is 291 g/mol. The highest BCUT2D eigenvalue weighted by Gasteiger charge is 2.24. The van der Waals surface area contributed by atoms with Crippen molar-refractivity contribution in [1.82, 2.24) is 15.2 Å². The lowest BCUT2D eigenvalue weighted by Crippen LogP contribution is -2.40. The predicted molar refractivity (Wildman–Crippen MR) is 81.7 cm³/mol. The third-order valence-corrected chi connectivity index (χ3v) is 3.91. The summed E-state index contributed by atoms with van der Waals surface area (Å²) in [6.45, 7) is 4.29. The molecule has 5 heteroatoms. The minimum atomic E-state index is 0.165. The second-order valence-corrected chi connectivity index (χ2v) is 5.55. The topological polar surface area (TPSA) is 54.5 Å². The van der Waals surface area contributed by atoms with Crippen LogP contribution in [0.3, 0.4) is 0 Å². The largest absolute Gasteiger partial charge is 0.385 e. The molecule has 0 bridgehead atoms. The smallest absolute Gasteiger partial charge is 0.223 e. The van der Waals surface area contributed by atoms with Crippen LogP contribution in [0.5, 0.6) is 0 Å². The molecule has 1 N–H and O–H groups in total. The summed E-state index contributed by atoms with van der Waals surface area (Å²) in [7, 11) is 1.68. The molecular weight excluding hydrogens is 266 g/mol. The number of amides is 1. The van der Waals surface area contributed by atoms with E-state index in [1.54, 1.807) is 13.3 Å². The number of carbonyl (C=O) groups is 1. The van der Waals surface area contributed by atoms with Crippen molar-refractivity contribution in [2.75, 3.05) is 33.4 Å². The SMILES string of the molecule is COCCCNC(=O)C1CCN(Cc2cccnc2)CC1. The molecule has 1 aromatic heterocycles. The summed E-state index contributed by atoms with van der Waals surface area (Å²) in [5.74, 6) is 0.366. The summed E-state index contributed by atoms with van der Waals surface area (Å²) in [6.07, 6.45) is 6.47. The minimum absolute atomic E-state index is 0.165. The molecule has 1 amide bonds. The van der Waals surface area contributed by atoms with Gasteiger partial charge < -0.3 is 10.1 Å². The number of pyridine rings is 1. The number of methoxy groups -OCH3 is 1. The first kappa shape index (κ1) is 15.9. The second kappa shape index (κ2) is 8.74. The van der Waals surface area contributed by atoms with Gasteiger partial charge in [0.15, 0.2) is 0 Å². The van der Waals surface area contributed by atoms with Crippen molar-refractivity contribution < 1.29 is 9.53 Å². The Hall–Kier alpha value is -1.46. The van der Waals surface area contributed by atoms with Crippen LogP contribution in [0, 0.1) is 5.92 Å². The lowest BCUT2D eigenvalue weighted by atomic mass is 9.95. The van der Waals surface area contributed by atoms with Crippen molar-refractivity contribution in [3.05, 3.63) is 30.1 Å². The summed E-state index contributed by atoms with van der Waals surface area (Å²) in [6, 6.07) is 4.07. The molecule has 5 nitrogen and oxygen atoms in total. The molecule has 0 aromatic carbocycles. The molecule has 2 heterocycles. The summed E-state index contributed by atoms with van der Waals surface area (Å²) < 4.78 is 4.98. The highest BCUT2D eigenvalue weighted by atomic mass is 16.5. The number of carbonyl (C=O) groups excluding carboxylic acids is 1. The van der Waals surface area contributed by atoms with Crippen molar-refractivity contribution >= 4 is 5.91 Å². The number of nitrogens with zero attached hydrogens (tertiary/aromatic N) is 2. The van der Waals surface area contributed by atoms with Crippen LogP contribution in [-0.2, 0) is 16.1 Å². The van der Waals surface area contributed by atoms with E-state index >= 15 is 0 Å². The molecule has 1 aliphatic heterocycles. The second-order valence-electron chi connectivity index (χ2n) is 5.55. The van der Waals surface area contributed by atoms with E-state index in [9.17, 15) is 4.79 Å². The third-order valence-electron chi connectivity index (χ3n) is 3.91. The van der Waals surface area contributed by atoms with Crippen molar-refractivity contribution in [2.45, 2.75) is 25.8 Å². The molecule has 0 saturated carbocycles. The van der Waals surface area contributed by atoms with Gasteiger partial charge in [0.25, 0.3) is 0 Å². The predicted octanol–water partition coefficient (Wildman–Crippen LogP) is 1.45. The number of hydrogen-bond acceptors (Lipinski definition) is 4. The standard InChI is InChI=1S/C16H25N3O2/c1-21-11-3-8-18-16(20)15-5-9-19(10-6-15)13-14-4-2-7-17-12-14/h2,4,7,12,15H,3,5-6,8-11,13H2,1H3,(H,18,20). The van der Waals surface area contributed by atoms with Gasteiger partial charge in [0.1, 0.15) is 0 Å². The first-order valence-corrected chi connectivity index (χ1v) is 7.67. The van der Waals surface area contributed by atoms with Crippen molar-refractivity contribution in [1.29, 1.82) is 0 Å². The Bertz CT molecular complexity index is 417. The summed E-state index contributed by atoms with van der Waals surface area (Å²) in [5, 5.41) is 3.00. The molecule has 1 fully saturated rings. The molecule has 116 valence electrons. The third kappa shape index (κ3) is 5.44. The van der Waals surface area contributed by atoms with Gasteiger partial charge >= 0.3 is 0 Å². The first-order chi connectivity index (χ1) is 10.3. The van der Waals surface area contributed by atoms with E-state index in [4.69, 9.17) is 4.74 Å². The maximum Gasteiger partial charge on any atom is 0.223 e. The van der Waals surface area contributed by atoms with Gasteiger partial charge in [0, 0.05) is 45.1 Å². The van der Waals surface area contributed by atoms with Gasteiger partial charge in [-0.15, -0.1) is 0 Å². The van der Waals surface area contributed by atoms with E-state index in [1.165, 1.54) is 5.56 Å². The summed E-state index contributed by atoms with van der Waals surface area (Å²) >= 11 is 0. The number of rotatable bonds is 7. The Kier molecular flexibility index (Phi) is 6.63. The van der Waals surface area contributed by atoms with Gasteiger partial charge in [-0.2, -0.15) is 0 Å². The molecule has 0 atom stereocenters. The zero-order valence-electron chi connectivity index (χ0n) is 12.8. The van der Waals surface area contributed by atoms with Crippen LogP contribution in [0.4, 0.5) is 0 Å². The van der Waals surface area contributed by atoms with Gasteiger partial charge in [-0.1, -0.05) is 6.07 Å². The minimum Gasteiger partial charge on any atom is -0.385 e. The Morgan fingerprint density at radius 2 is 2.29 bits per heavy atom. The van der Waals surface area contributed by atoms with Crippen molar-refractivity contribution in [3.63, 3.8) is 0 Å². The molecule has 1 aliphatic rings. The fourth-order valence-electron chi connectivity index (χ4n) is 2.68. The van der Waals surface area contributed by atoms with Crippen molar-refractivity contribution in [2.24, 2.45) is 5.92 Å². The van der Waals surface area contributed by atoms with E-state index in [0.717, 1.165) is 38.9 Å². The van der Waals surface area contributed by atoms with E-state index in [2.05, 4.69) is 21.3 Å². The summed E-state index contributed by atoms with van der Waals surface area (Å²) in [4.78, 5) is 18.6. The highest BCUT2D eigenvalue weighted by molar-refractivity contribution is 5.78. The fraction of sp³-hybridized carbons (Fsp3) is 0.625. The average molecular weight is 291 g/mol. The van der Waals surface area contributed by atoms with Crippen molar-refractivity contribution in [3.8, 4) is 0 Å². The van der Waals surface area contributed by atoms with Crippen LogP contribution in [0.25, 0.3) is 0 Å². The molecule has 0 unspecified atom stereocenters. The number of aromatic nitrogens is 1. The number of likely N-dealkylation sites (tertiary alicyclic amines) is 1. The van der Waals surface area contributed by atoms with Crippen LogP contribution in [-0.4, -0.2) is 49.1 Å². The van der Waals surface area contributed by atoms with Crippen LogP contribution < -0.4 is 5.32 Å². The number of ether oxygens (including phenoxy) is 1. The average Bonchev–Trinajstić information content (AvgIpc) is 2.53. The molecule has 2 rings (SSSR count). The van der Waals surface area contributed by atoms with Gasteiger partial charge in [-0.25, -0.2) is 0 Å². The van der Waals surface area contributed by atoms with E-state index in [0.29, 0.717) is 13.2 Å². The fourth-order valence-corrected chi connectivity index (χ4v) is 2.68. The van der Waals surface area contributed by atoms with Gasteiger partial charge in [0.2, 0.25) is 5.91 Å². The molecule has 21 heavy (non-hydrogen) atoms. The van der Waals surface area contributed by atoms with E-state index < -0.39 is 0 Å². The Morgan fingerprint density at radius 3 is 2.95 bits per heavy atom. The van der Waals surface area contributed by atoms with Crippen LogP contribution in [0.2, 0.25) is 0 Å². The number of hydrogen-bond donors (Lipinski definition) is 1. The Morgan fingerprint density at radius 1 is 1.48 bits per heavy atom. The molecule has 1 aromatic rings. The highest BCUT2D eigenvalue weighted by Crippen LogP contribution is 2.18.